The normalized spacial score (nSPS) is 12.2. The van der Waals surface area contributed by atoms with E-state index in [0.717, 1.165) is 21.3 Å². The number of methoxy groups -OCH3 is 1. The second-order valence-electron chi connectivity index (χ2n) is 4.09. The molecule has 0 heterocycles. The van der Waals surface area contributed by atoms with Crippen molar-refractivity contribution in [2.45, 2.75) is 12.5 Å². The Morgan fingerprint density at radius 2 is 1.89 bits per heavy atom. The molecular formula is C15H15BrO2. The smallest absolute Gasteiger partial charge is 0.119 e. The van der Waals surface area contributed by atoms with Crippen molar-refractivity contribution in [3.8, 4) is 5.75 Å². The fourth-order valence-corrected chi connectivity index (χ4v) is 2.36. The highest BCUT2D eigenvalue weighted by molar-refractivity contribution is 9.10. The first kappa shape index (κ1) is 13.1. The average Bonchev–Trinajstić information content (AvgIpc) is 2.40. The van der Waals surface area contributed by atoms with Gasteiger partial charge in [-0.3, -0.25) is 0 Å². The van der Waals surface area contributed by atoms with Gasteiger partial charge in [-0.05, 0) is 29.3 Å². The summed E-state index contributed by atoms with van der Waals surface area (Å²) in [5.41, 5.74) is 1.96. The average molecular weight is 307 g/mol. The Bertz CT molecular complexity index is 511. The van der Waals surface area contributed by atoms with Crippen LogP contribution in [0.1, 0.15) is 17.2 Å². The number of aliphatic hydroxyl groups excluding tert-OH is 1. The van der Waals surface area contributed by atoms with E-state index in [4.69, 9.17) is 4.74 Å². The molecule has 1 atom stereocenters. The molecule has 0 fully saturated rings. The van der Waals surface area contributed by atoms with E-state index >= 15 is 0 Å². The van der Waals surface area contributed by atoms with Crippen LogP contribution in [0.15, 0.2) is 53.0 Å². The minimum absolute atomic E-state index is 0.545. The molecule has 0 amide bonds. The van der Waals surface area contributed by atoms with Gasteiger partial charge >= 0.3 is 0 Å². The van der Waals surface area contributed by atoms with Crippen molar-refractivity contribution in [1.29, 1.82) is 0 Å². The van der Waals surface area contributed by atoms with Gasteiger partial charge in [-0.2, -0.15) is 0 Å². The Labute approximate surface area is 115 Å². The molecule has 94 valence electrons. The molecule has 1 N–H and O–H groups in total. The van der Waals surface area contributed by atoms with Crippen molar-refractivity contribution < 1.29 is 9.84 Å². The van der Waals surface area contributed by atoms with Crippen molar-refractivity contribution >= 4 is 15.9 Å². The first-order valence-corrected chi connectivity index (χ1v) is 6.55. The van der Waals surface area contributed by atoms with E-state index in [0.29, 0.717) is 6.42 Å². The van der Waals surface area contributed by atoms with Gasteiger partial charge in [-0.25, -0.2) is 0 Å². The maximum atomic E-state index is 10.3. The van der Waals surface area contributed by atoms with Crippen LogP contribution in [0.5, 0.6) is 5.75 Å². The van der Waals surface area contributed by atoms with Crippen molar-refractivity contribution in [1.82, 2.24) is 0 Å². The predicted molar refractivity (Wildman–Crippen MR) is 75.8 cm³/mol. The second kappa shape index (κ2) is 6.03. The van der Waals surface area contributed by atoms with E-state index in [9.17, 15) is 5.11 Å². The lowest BCUT2D eigenvalue weighted by atomic mass is 10.0. The SMILES string of the molecule is COc1ccc(Br)c(C(O)Cc2ccccc2)c1. The molecule has 2 aromatic rings. The van der Waals surface area contributed by atoms with Crippen molar-refractivity contribution in [3.05, 3.63) is 64.1 Å². The van der Waals surface area contributed by atoms with Crippen LogP contribution in [-0.2, 0) is 6.42 Å². The predicted octanol–water partition coefficient (Wildman–Crippen LogP) is 3.73. The summed E-state index contributed by atoms with van der Waals surface area (Å²) in [5, 5.41) is 10.3. The molecule has 0 aliphatic rings. The zero-order valence-electron chi connectivity index (χ0n) is 10.1. The zero-order valence-corrected chi connectivity index (χ0v) is 11.7. The van der Waals surface area contributed by atoms with Gasteiger partial charge in [0.25, 0.3) is 0 Å². The molecule has 0 spiro atoms. The van der Waals surface area contributed by atoms with E-state index < -0.39 is 6.10 Å². The van der Waals surface area contributed by atoms with Crippen LogP contribution in [0, 0.1) is 0 Å². The molecular weight excluding hydrogens is 292 g/mol. The van der Waals surface area contributed by atoms with Crippen LogP contribution < -0.4 is 4.74 Å². The summed E-state index contributed by atoms with van der Waals surface area (Å²) in [5.74, 6) is 0.750. The van der Waals surface area contributed by atoms with E-state index in [1.807, 2.05) is 48.5 Å². The summed E-state index contributed by atoms with van der Waals surface area (Å²) >= 11 is 3.46. The van der Waals surface area contributed by atoms with Gasteiger partial charge in [-0.1, -0.05) is 46.3 Å². The Morgan fingerprint density at radius 3 is 2.56 bits per heavy atom. The number of hydrogen-bond acceptors (Lipinski definition) is 2. The van der Waals surface area contributed by atoms with Crippen LogP contribution in [0.25, 0.3) is 0 Å². The number of rotatable bonds is 4. The third-order valence-electron chi connectivity index (χ3n) is 2.83. The molecule has 0 saturated carbocycles. The number of benzene rings is 2. The van der Waals surface area contributed by atoms with Crippen LogP contribution in [0.2, 0.25) is 0 Å². The molecule has 0 saturated heterocycles. The molecule has 1 unspecified atom stereocenters. The number of ether oxygens (including phenoxy) is 1. The first-order valence-electron chi connectivity index (χ1n) is 5.76. The van der Waals surface area contributed by atoms with Gasteiger partial charge in [-0.15, -0.1) is 0 Å². The van der Waals surface area contributed by atoms with Gasteiger partial charge in [0.05, 0.1) is 13.2 Å². The lowest BCUT2D eigenvalue weighted by Gasteiger charge is -2.14. The van der Waals surface area contributed by atoms with Gasteiger partial charge in [0.1, 0.15) is 5.75 Å². The molecule has 0 radical (unpaired) electrons. The summed E-state index contributed by atoms with van der Waals surface area (Å²) in [6, 6.07) is 15.6. The minimum atomic E-state index is -0.545. The first-order chi connectivity index (χ1) is 8.70. The third-order valence-corrected chi connectivity index (χ3v) is 3.56. The standard InChI is InChI=1S/C15H15BrO2/c1-18-12-7-8-14(16)13(10-12)15(17)9-11-5-3-2-4-6-11/h2-8,10,15,17H,9H2,1H3. The zero-order chi connectivity index (χ0) is 13.0. The molecule has 18 heavy (non-hydrogen) atoms. The molecule has 2 nitrogen and oxygen atoms in total. The molecule has 0 aromatic heterocycles. The molecule has 2 rings (SSSR count). The van der Waals surface area contributed by atoms with E-state index in [-0.39, 0.29) is 0 Å². The summed E-state index contributed by atoms with van der Waals surface area (Å²) in [6.07, 6.45) is 0.0453. The van der Waals surface area contributed by atoms with Gasteiger partial charge in [0.15, 0.2) is 0 Å². The lowest BCUT2D eigenvalue weighted by Crippen LogP contribution is -2.03. The van der Waals surface area contributed by atoms with E-state index in [1.165, 1.54) is 0 Å². The number of hydrogen-bond donors (Lipinski definition) is 1. The quantitative estimate of drug-likeness (QED) is 0.932. The van der Waals surface area contributed by atoms with Gasteiger partial charge in [0.2, 0.25) is 0 Å². The fourth-order valence-electron chi connectivity index (χ4n) is 1.85. The highest BCUT2D eigenvalue weighted by Crippen LogP contribution is 2.29. The van der Waals surface area contributed by atoms with Crippen LogP contribution in [-0.4, -0.2) is 12.2 Å². The maximum Gasteiger partial charge on any atom is 0.119 e. The summed E-state index contributed by atoms with van der Waals surface area (Å²) < 4.78 is 6.07. The summed E-state index contributed by atoms with van der Waals surface area (Å²) in [6.45, 7) is 0. The molecule has 3 heteroatoms. The fraction of sp³-hybridized carbons (Fsp3) is 0.200. The maximum absolute atomic E-state index is 10.3. The van der Waals surface area contributed by atoms with Crippen molar-refractivity contribution in [2.75, 3.05) is 7.11 Å². The molecule has 0 aliphatic heterocycles. The van der Waals surface area contributed by atoms with Crippen molar-refractivity contribution in [3.63, 3.8) is 0 Å². The molecule has 0 bridgehead atoms. The minimum Gasteiger partial charge on any atom is -0.497 e. The van der Waals surface area contributed by atoms with Crippen molar-refractivity contribution in [2.24, 2.45) is 0 Å². The Morgan fingerprint density at radius 1 is 1.17 bits per heavy atom. The van der Waals surface area contributed by atoms with Crippen LogP contribution in [0.3, 0.4) is 0 Å². The van der Waals surface area contributed by atoms with E-state index in [1.54, 1.807) is 7.11 Å². The van der Waals surface area contributed by atoms with Gasteiger partial charge < -0.3 is 9.84 Å². The monoisotopic (exact) mass is 306 g/mol. The molecule has 0 aliphatic carbocycles. The number of halogens is 1. The van der Waals surface area contributed by atoms with Crippen LogP contribution >= 0.6 is 15.9 Å². The number of aliphatic hydroxyl groups is 1. The second-order valence-corrected chi connectivity index (χ2v) is 4.95. The molecule has 2 aromatic carbocycles. The Kier molecular flexibility index (Phi) is 4.39. The Hall–Kier alpha value is -1.32. The van der Waals surface area contributed by atoms with E-state index in [2.05, 4.69) is 15.9 Å². The highest BCUT2D eigenvalue weighted by atomic mass is 79.9. The summed E-state index contributed by atoms with van der Waals surface area (Å²) in [4.78, 5) is 0. The topological polar surface area (TPSA) is 29.5 Å². The largest absolute Gasteiger partial charge is 0.497 e. The van der Waals surface area contributed by atoms with Gasteiger partial charge in [0, 0.05) is 10.9 Å². The highest BCUT2D eigenvalue weighted by Gasteiger charge is 2.13. The Balaban J connectivity index is 2.20. The summed E-state index contributed by atoms with van der Waals surface area (Å²) in [7, 11) is 1.62. The third kappa shape index (κ3) is 3.12. The lowest BCUT2D eigenvalue weighted by molar-refractivity contribution is 0.177. The van der Waals surface area contributed by atoms with Crippen LogP contribution in [0.4, 0.5) is 0 Å².